The van der Waals surface area contributed by atoms with Crippen molar-refractivity contribution in [3.63, 3.8) is 0 Å². The summed E-state index contributed by atoms with van der Waals surface area (Å²) in [5.41, 5.74) is 1.98. The van der Waals surface area contributed by atoms with Gasteiger partial charge in [-0.1, -0.05) is 56.8 Å². The first-order chi connectivity index (χ1) is 17.5. The first-order valence-corrected chi connectivity index (χ1v) is 13.9. The summed E-state index contributed by atoms with van der Waals surface area (Å²) >= 11 is 1.83. The van der Waals surface area contributed by atoms with Crippen molar-refractivity contribution < 1.29 is 24.1 Å². The smallest absolute Gasteiger partial charge is 0.309 e. The molecular formula is C28H38N2O5S. The summed E-state index contributed by atoms with van der Waals surface area (Å²) in [7, 11) is 1.64. The molecule has 2 aliphatic rings. The van der Waals surface area contributed by atoms with Gasteiger partial charge in [0.05, 0.1) is 18.9 Å². The maximum Gasteiger partial charge on any atom is 0.309 e. The van der Waals surface area contributed by atoms with Crippen molar-refractivity contribution in [3.05, 3.63) is 53.6 Å². The summed E-state index contributed by atoms with van der Waals surface area (Å²) in [4.78, 5) is 15.1. The molecule has 0 amide bonds. The normalized spacial score (nSPS) is 21.3. The molecular weight excluding hydrogens is 476 g/mol. The topological polar surface area (TPSA) is 71.5 Å². The number of nitrogens with zero attached hydrogens (tertiary/aromatic N) is 2. The number of carboxylic acid groups (broad SMARTS) is 1. The zero-order valence-electron chi connectivity index (χ0n) is 21.5. The summed E-state index contributed by atoms with van der Waals surface area (Å²) < 4.78 is 18.9. The van der Waals surface area contributed by atoms with Crippen LogP contribution in [0.1, 0.15) is 62.6 Å². The quantitative estimate of drug-likeness (QED) is 0.338. The van der Waals surface area contributed by atoms with Crippen LogP contribution in [0.25, 0.3) is 0 Å². The van der Waals surface area contributed by atoms with Gasteiger partial charge in [0.15, 0.2) is 11.5 Å². The SMILES string of the molecule is CCCCN(CCCC)SCN1CC(c2ccc3c(c2)OCO3)[C@H](C(=O)O)[C@H]1c1ccc(OC)cc1. The van der Waals surface area contributed by atoms with Gasteiger partial charge in [0, 0.05) is 31.6 Å². The van der Waals surface area contributed by atoms with Gasteiger partial charge in [-0.3, -0.25) is 9.69 Å². The number of unbranched alkanes of at least 4 members (excludes halogenated alkanes) is 2. The molecule has 0 saturated carbocycles. The molecule has 1 unspecified atom stereocenters. The van der Waals surface area contributed by atoms with E-state index in [2.05, 4.69) is 23.1 Å². The number of carboxylic acids is 1. The fraction of sp³-hybridized carbons (Fsp3) is 0.536. The fourth-order valence-corrected chi connectivity index (χ4v) is 6.20. The van der Waals surface area contributed by atoms with Gasteiger partial charge in [0.1, 0.15) is 5.75 Å². The van der Waals surface area contributed by atoms with Crippen LogP contribution in [0.2, 0.25) is 0 Å². The van der Waals surface area contributed by atoms with Crippen LogP contribution in [0, 0.1) is 5.92 Å². The third-order valence-electron chi connectivity index (χ3n) is 7.09. The number of aliphatic carboxylic acids is 1. The van der Waals surface area contributed by atoms with Crippen molar-refractivity contribution in [1.29, 1.82) is 0 Å². The van der Waals surface area contributed by atoms with Gasteiger partial charge in [0.2, 0.25) is 6.79 Å². The molecule has 7 nitrogen and oxygen atoms in total. The highest BCUT2D eigenvalue weighted by molar-refractivity contribution is 7.96. The van der Waals surface area contributed by atoms with Crippen LogP contribution in [-0.4, -0.2) is 59.7 Å². The molecule has 0 radical (unpaired) electrons. The Morgan fingerprint density at radius 1 is 1.06 bits per heavy atom. The molecule has 3 atom stereocenters. The highest BCUT2D eigenvalue weighted by Gasteiger charge is 2.47. The van der Waals surface area contributed by atoms with Gasteiger partial charge in [-0.2, -0.15) is 0 Å². The Bertz CT molecular complexity index is 994. The largest absolute Gasteiger partial charge is 0.497 e. The summed E-state index contributed by atoms with van der Waals surface area (Å²) in [5.74, 6) is 1.39. The van der Waals surface area contributed by atoms with Crippen LogP contribution in [0.3, 0.4) is 0 Å². The van der Waals surface area contributed by atoms with Crippen LogP contribution in [0.5, 0.6) is 17.2 Å². The first kappa shape index (κ1) is 26.6. The number of hydrogen-bond donors (Lipinski definition) is 1. The second-order valence-corrected chi connectivity index (χ2v) is 10.5. The second-order valence-electron chi connectivity index (χ2n) is 9.47. The number of hydrogen-bond acceptors (Lipinski definition) is 7. The predicted molar refractivity (Wildman–Crippen MR) is 143 cm³/mol. The first-order valence-electron chi connectivity index (χ1n) is 12.9. The van der Waals surface area contributed by atoms with Gasteiger partial charge >= 0.3 is 5.97 Å². The minimum absolute atomic E-state index is 0.163. The van der Waals surface area contributed by atoms with Crippen LogP contribution in [0.15, 0.2) is 42.5 Å². The van der Waals surface area contributed by atoms with Gasteiger partial charge in [0.25, 0.3) is 0 Å². The van der Waals surface area contributed by atoms with Crippen LogP contribution in [-0.2, 0) is 4.79 Å². The Labute approximate surface area is 218 Å². The third-order valence-corrected chi connectivity index (χ3v) is 8.27. The maximum absolute atomic E-state index is 12.8. The van der Waals surface area contributed by atoms with Gasteiger partial charge in [-0.15, -0.1) is 0 Å². The minimum atomic E-state index is -0.778. The van der Waals surface area contributed by atoms with Crippen LogP contribution in [0.4, 0.5) is 0 Å². The number of methoxy groups -OCH3 is 1. The van der Waals surface area contributed by atoms with E-state index in [9.17, 15) is 9.90 Å². The fourth-order valence-electron chi connectivity index (χ4n) is 5.11. The lowest BCUT2D eigenvalue weighted by Crippen LogP contribution is -2.30. The Morgan fingerprint density at radius 3 is 2.36 bits per heavy atom. The molecule has 8 heteroatoms. The van der Waals surface area contributed by atoms with Crippen molar-refractivity contribution in [2.24, 2.45) is 5.92 Å². The number of likely N-dealkylation sites (tertiary alicyclic amines) is 1. The van der Waals surface area contributed by atoms with E-state index in [-0.39, 0.29) is 18.8 Å². The average molecular weight is 515 g/mol. The zero-order chi connectivity index (χ0) is 25.5. The monoisotopic (exact) mass is 514 g/mol. The Morgan fingerprint density at radius 2 is 1.72 bits per heavy atom. The van der Waals surface area contributed by atoms with E-state index in [4.69, 9.17) is 14.2 Å². The van der Waals surface area contributed by atoms with Crippen molar-refractivity contribution in [1.82, 2.24) is 9.21 Å². The predicted octanol–water partition coefficient (Wildman–Crippen LogP) is 5.77. The van der Waals surface area contributed by atoms with E-state index in [0.29, 0.717) is 18.0 Å². The molecule has 2 aliphatic heterocycles. The molecule has 1 N–H and O–H groups in total. The third kappa shape index (κ3) is 6.10. The van der Waals surface area contributed by atoms with Crippen molar-refractivity contribution in [2.45, 2.75) is 51.5 Å². The second kappa shape index (κ2) is 12.7. The van der Waals surface area contributed by atoms with E-state index in [1.54, 1.807) is 7.11 Å². The van der Waals surface area contributed by atoms with E-state index < -0.39 is 11.9 Å². The van der Waals surface area contributed by atoms with E-state index in [1.807, 2.05) is 54.4 Å². The van der Waals surface area contributed by atoms with Crippen LogP contribution >= 0.6 is 11.9 Å². The molecule has 1 fully saturated rings. The lowest BCUT2D eigenvalue weighted by molar-refractivity contribution is -0.143. The lowest BCUT2D eigenvalue weighted by atomic mass is 9.83. The molecule has 196 valence electrons. The summed E-state index contributed by atoms with van der Waals surface area (Å²) in [6.07, 6.45) is 4.65. The number of fused-ring (bicyclic) bond motifs is 1. The molecule has 0 aromatic heterocycles. The zero-order valence-corrected chi connectivity index (χ0v) is 22.3. The lowest BCUT2D eigenvalue weighted by Gasteiger charge is -2.29. The van der Waals surface area contributed by atoms with Gasteiger partial charge < -0.3 is 19.3 Å². The van der Waals surface area contributed by atoms with Crippen molar-refractivity contribution in [3.8, 4) is 17.2 Å². The molecule has 2 heterocycles. The molecule has 0 spiro atoms. The van der Waals surface area contributed by atoms with Crippen molar-refractivity contribution >= 4 is 17.9 Å². The summed E-state index contributed by atoms with van der Waals surface area (Å²) in [5, 5.41) is 10.5. The average Bonchev–Trinajstić information content (AvgIpc) is 3.52. The maximum atomic E-state index is 12.8. The number of benzene rings is 2. The highest BCUT2D eigenvalue weighted by Crippen LogP contribution is 2.48. The summed E-state index contributed by atoms with van der Waals surface area (Å²) in [6, 6.07) is 13.5. The Kier molecular flexibility index (Phi) is 9.40. The molecule has 1 saturated heterocycles. The molecule has 0 bridgehead atoms. The van der Waals surface area contributed by atoms with Crippen molar-refractivity contribution in [2.75, 3.05) is 39.4 Å². The Balaban J connectivity index is 1.62. The van der Waals surface area contributed by atoms with E-state index in [1.165, 1.54) is 0 Å². The number of ether oxygens (including phenoxy) is 3. The van der Waals surface area contributed by atoms with Gasteiger partial charge in [-0.05, 0) is 48.2 Å². The summed E-state index contributed by atoms with van der Waals surface area (Å²) in [6.45, 7) is 7.41. The van der Waals surface area contributed by atoms with E-state index >= 15 is 0 Å². The number of carbonyl (C=O) groups is 1. The number of rotatable bonds is 13. The standard InChI is InChI=1S/C28H38N2O5S/c1-4-6-14-30(15-7-5-2)36-18-29-17-23(21-10-13-24-25(16-21)35-19-34-24)26(28(31)32)27(29)20-8-11-22(33-3)12-9-20/h8-13,16,23,26-27H,4-7,14-15,17-19H2,1-3H3,(H,31,32)/t23?,26-,27+/m0/s1. The molecule has 2 aromatic rings. The van der Waals surface area contributed by atoms with Crippen LogP contribution < -0.4 is 14.2 Å². The van der Waals surface area contributed by atoms with Gasteiger partial charge in [-0.25, -0.2) is 4.31 Å². The molecule has 36 heavy (non-hydrogen) atoms. The Hall–Kier alpha value is -2.42. The molecule has 0 aliphatic carbocycles. The minimum Gasteiger partial charge on any atom is -0.497 e. The molecule has 2 aromatic carbocycles. The molecule has 4 rings (SSSR count). The van der Waals surface area contributed by atoms with E-state index in [0.717, 1.165) is 61.5 Å². The highest BCUT2D eigenvalue weighted by atomic mass is 32.2.